The highest BCUT2D eigenvalue weighted by molar-refractivity contribution is 14.1. The van der Waals surface area contributed by atoms with Crippen LogP contribution < -0.4 is 5.32 Å². The molecule has 2 N–H and O–H groups in total. The minimum absolute atomic E-state index is 0.0566. The van der Waals surface area contributed by atoms with Crippen LogP contribution in [0, 0.1) is 3.57 Å². The van der Waals surface area contributed by atoms with Gasteiger partial charge in [-0.1, -0.05) is 0 Å². The molecule has 1 saturated heterocycles. The molecule has 1 unspecified atom stereocenters. The lowest BCUT2D eigenvalue weighted by molar-refractivity contribution is 0.0652. The Hall–Kier alpha value is -0.820. The molecule has 0 aliphatic carbocycles. The first kappa shape index (κ1) is 12.6. The van der Waals surface area contributed by atoms with Crippen molar-refractivity contribution in [3.05, 3.63) is 27.3 Å². The molecule has 92 valence electrons. The standard InChI is InChI=1S/C12H15IN2O2/c1-8-7-14-4-5-15(8)12(17)10-6-9(13)2-3-11(10)16/h2-3,6,8,14,16H,4-5,7H2,1H3. The molecule has 1 aliphatic heterocycles. The predicted octanol–water partition coefficient (Wildman–Crippen LogP) is 1.43. The van der Waals surface area contributed by atoms with E-state index in [0.717, 1.165) is 16.7 Å². The van der Waals surface area contributed by atoms with Crippen LogP contribution in [0.5, 0.6) is 5.75 Å². The molecule has 0 bridgehead atoms. The summed E-state index contributed by atoms with van der Waals surface area (Å²) in [6.07, 6.45) is 0. The van der Waals surface area contributed by atoms with Crippen LogP contribution in [0.4, 0.5) is 0 Å². The van der Waals surface area contributed by atoms with Gasteiger partial charge in [0.15, 0.2) is 0 Å². The lowest BCUT2D eigenvalue weighted by Crippen LogP contribution is -2.52. The normalized spacial score (nSPS) is 20.4. The third-order valence-electron chi connectivity index (χ3n) is 2.95. The Morgan fingerprint density at radius 1 is 1.59 bits per heavy atom. The van der Waals surface area contributed by atoms with Crippen molar-refractivity contribution in [2.75, 3.05) is 19.6 Å². The van der Waals surface area contributed by atoms with Crippen molar-refractivity contribution in [3.8, 4) is 5.75 Å². The summed E-state index contributed by atoms with van der Waals surface area (Å²) in [5.41, 5.74) is 0.394. The van der Waals surface area contributed by atoms with E-state index in [2.05, 4.69) is 27.9 Å². The van der Waals surface area contributed by atoms with E-state index < -0.39 is 0 Å². The Morgan fingerprint density at radius 3 is 3.06 bits per heavy atom. The molecular formula is C12H15IN2O2. The third kappa shape index (κ3) is 2.71. The molecule has 0 spiro atoms. The smallest absolute Gasteiger partial charge is 0.257 e. The number of piperazine rings is 1. The molecule has 2 rings (SSSR count). The van der Waals surface area contributed by atoms with Crippen LogP contribution >= 0.6 is 22.6 Å². The fourth-order valence-electron chi connectivity index (χ4n) is 1.98. The number of amides is 1. The molecular weight excluding hydrogens is 331 g/mol. The monoisotopic (exact) mass is 346 g/mol. The molecule has 1 aromatic carbocycles. The molecule has 0 saturated carbocycles. The number of aromatic hydroxyl groups is 1. The van der Waals surface area contributed by atoms with Crippen LogP contribution in [0.1, 0.15) is 17.3 Å². The first-order valence-electron chi connectivity index (χ1n) is 5.60. The number of phenols is 1. The van der Waals surface area contributed by atoms with E-state index in [0.29, 0.717) is 12.1 Å². The number of rotatable bonds is 1. The fraction of sp³-hybridized carbons (Fsp3) is 0.417. The van der Waals surface area contributed by atoms with Crippen molar-refractivity contribution < 1.29 is 9.90 Å². The van der Waals surface area contributed by atoms with Gasteiger partial charge in [0, 0.05) is 29.2 Å². The van der Waals surface area contributed by atoms with Gasteiger partial charge in [0.2, 0.25) is 0 Å². The van der Waals surface area contributed by atoms with Gasteiger partial charge in [-0.15, -0.1) is 0 Å². The summed E-state index contributed by atoms with van der Waals surface area (Å²) >= 11 is 2.14. The van der Waals surface area contributed by atoms with Gasteiger partial charge in [0.25, 0.3) is 5.91 Å². The summed E-state index contributed by atoms with van der Waals surface area (Å²) in [4.78, 5) is 14.1. The molecule has 0 radical (unpaired) electrons. The summed E-state index contributed by atoms with van der Waals surface area (Å²) in [5, 5.41) is 13.0. The van der Waals surface area contributed by atoms with E-state index in [1.54, 1.807) is 18.2 Å². The number of carbonyl (C=O) groups excluding carboxylic acids is 1. The SMILES string of the molecule is CC1CNCCN1C(=O)c1cc(I)ccc1O. The van der Waals surface area contributed by atoms with E-state index in [4.69, 9.17) is 0 Å². The Bertz CT molecular complexity index is 437. The van der Waals surface area contributed by atoms with Gasteiger partial charge in [0.1, 0.15) is 5.75 Å². The van der Waals surface area contributed by atoms with Gasteiger partial charge in [-0.25, -0.2) is 0 Å². The highest BCUT2D eigenvalue weighted by Gasteiger charge is 2.25. The van der Waals surface area contributed by atoms with Gasteiger partial charge < -0.3 is 15.3 Å². The number of carbonyl (C=O) groups is 1. The maximum absolute atomic E-state index is 12.3. The quantitative estimate of drug-likeness (QED) is 0.757. The number of benzene rings is 1. The van der Waals surface area contributed by atoms with Crippen LogP contribution in [-0.4, -0.2) is 41.6 Å². The minimum Gasteiger partial charge on any atom is -0.507 e. The zero-order chi connectivity index (χ0) is 12.4. The summed E-state index contributed by atoms with van der Waals surface area (Å²) in [6, 6.07) is 5.25. The molecule has 1 aliphatic rings. The molecule has 1 atom stereocenters. The van der Waals surface area contributed by atoms with Crippen molar-refractivity contribution >= 4 is 28.5 Å². The van der Waals surface area contributed by atoms with E-state index >= 15 is 0 Å². The Morgan fingerprint density at radius 2 is 2.35 bits per heavy atom. The summed E-state index contributed by atoms with van der Waals surface area (Å²) in [6.45, 7) is 4.30. The zero-order valence-corrected chi connectivity index (χ0v) is 11.8. The second-order valence-electron chi connectivity index (χ2n) is 4.21. The zero-order valence-electron chi connectivity index (χ0n) is 9.61. The van der Waals surface area contributed by atoms with Gasteiger partial charge in [0.05, 0.1) is 5.56 Å². The predicted molar refractivity (Wildman–Crippen MR) is 74.2 cm³/mol. The van der Waals surface area contributed by atoms with E-state index in [9.17, 15) is 9.90 Å². The lowest BCUT2D eigenvalue weighted by atomic mass is 10.1. The molecule has 17 heavy (non-hydrogen) atoms. The minimum atomic E-state index is -0.0879. The topological polar surface area (TPSA) is 52.6 Å². The summed E-state index contributed by atoms with van der Waals surface area (Å²) in [5.74, 6) is -0.0313. The van der Waals surface area contributed by atoms with Gasteiger partial charge >= 0.3 is 0 Å². The molecule has 5 heteroatoms. The third-order valence-corrected chi connectivity index (χ3v) is 3.62. The largest absolute Gasteiger partial charge is 0.507 e. The molecule has 4 nitrogen and oxygen atoms in total. The molecule has 1 heterocycles. The second-order valence-corrected chi connectivity index (χ2v) is 5.46. The van der Waals surface area contributed by atoms with Crippen LogP contribution in [0.25, 0.3) is 0 Å². The van der Waals surface area contributed by atoms with Gasteiger partial charge in [-0.05, 0) is 47.7 Å². The Labute approximate surface area is 114 Å². The average Bonchev–Trinajstić information content (AvgIpc) is 2.32. The summed E-state index contributed by atoms with van der Waals surface area (Å²) < 4.78 is 0.950. The molecule has 0 aromatic heterocycles. The van der Waals surface area contributed by atoms with Crippen LogP contribution in [-0.2, 0) is 0 Å². The average molecular weight is 346 g/mol. The van der Waals surface area contributed by atoms with Crippen LogP contribution in [0.15, 0.2) is 18.2 Å². The molecule has 1 amide bonds. The maximum Gasteiger partial charge on any atom is 0.257 e. The first-order valence-corrected chi connectivity index (χ1v) is 6.67. The van der Waals surface area contributed by atoms with Gasteiger partial charge in [-0.2, -0.15) is 0 Å². The fourth-order valence-corrected chi connectivity index (χ4v) is 2.47. The first-order chi connectivity index (χ1) is 8.09. The Balaban J connectivity index is 2.26. The number of halogens is 1. The summed E-state index contributed by atoms with van der Waals surface area (Å²) in [7, 11) is 0. The lowest BCUT2D eigenvalue weighted by Gasteiger charge is -2.34. The molecule has 1 aromatic rings. The van der Waals surface area contributed by atoms with Gasteiger partial charge in [-0.3, -0.25) is 4.79 Å². The van der Waals surface area contributed by atoms with Crippen molar-refractivity contribution in [1.29, 1.82) is 0 Å². The number of hydrogen-bond acceptors (Lipinski definition) is 3. The highest BCUT2D eigenvalue weighted by Crippen LogP contribution is 2.22. The van der Waals surface area contributed by atoms with Crippen molar-refractivity contribution in [3.63, 3.8) is 0 Å². The number of nitrogens with one attached hydrogen (secondary N) is 1. The van der Waals surface area contributed by atoms with E-state index in [1.807, 2.05) is 11.8 Å². The number of nitrogens with zero attached hydrogens (tertiary/aromatic N) is 1. The maximum atomic E-state index is 12.3. The number of phenolic OH excluding ortho intramolecular Hbond substituents is 1. The second kappa shape index (κ2) is 5.22. The van der Waals surface area contributed by atoms with Crippen molar-refractivity contribution in [1.82, 2.24) is 10.2 Å². The van der Waals surface area contributed by atoms with E-state index in [-0.39, 0.29) is 17.7 Å². The highest BCUT2D eigenvalue weighted by atomic mass is 127. The van der Waals surface area contributed by atoms with Crippen LogP contribution in [0.2, 0.25) is 0 Å². The number of hydrogen-bond donors (Lipinski definition) is 2. The molecule has 1 fully saturated rings. The van der Waals surface area contributed by atoms with Crippen LogP contribution in [0.3, 0.4) is 0 Å². The van der Waals surface area contributed by atoms with E-state index in [1.165, 1.54) is 0 Å². The Kier molecular flexibility index (Phi) is 3.88. The van der Waals surface area contributed by atoms with Crippen molar-refractivity contribution in [2.24, 2.45) is 0 Å². The van der Waals surface area contributed by atoms with Crippen molar-refractivity contribution in [2.45, 2.75) is 13.0 Å².